The summed E-state index contributed by atoms with van der Waals surface area (Å²) in [6.07, 6.45) is 4.19. The summed E-state index contributed by atoms with van der Waals surface area (Å²) in [7, 11) is 8.28. The van der Waals surface area contributed by atoms with E-state index in [0.29, 0.717) is 4.48 Å². The van der Waals surface area contributed by atoms with E-state index in [1.807, 2.05) is 6.92 Å². The Labute approximate surface area is 165 Å². The number of thiol groups is 2. The van der Waals surface area contributed by atoms with Crippen LogP contribution < -0.4 is 9.44 Å². The molecule has 8 heteroatoms. The number of rotatable bonds is 7. The highest BCUT2D eigenvalue weighted by Crippen LogP contribution is 2.39. The molecular weight excluding hydrogens is 356 g/mol. The molecule has 1 aliphatic rings. The highest BCUT2D eigenvalue weighted by Gasteiger charge is 2.54. The van der Waals surface area contributed by atoms with Gasteiger partial charge in [-0.1, -0.05) is 32.6 Å². The third-order valence-corrected chi connectivity index (χ3v) is 6.29. The molecule has 1 fully saturated rings. The second-order valence-electron chi connectivity index (χ2n) is 8.01. The van der Waals surface area contributed by atoms with Gasteiger partial charge >= 0.3 is 0 Å². The minimum atomic E-state index is -0.220. The second kappa shape index (κ2) is 10.0. The molecule has 0 radical (unpaired) electrons. The van der Waals surface area contributed by atoms with Gasteiger partial charge in [-0.15, -0.1) is 0 Å². The van der Waals surface area contributed by atoms with Crippen LogP contribution >= 0.6 is 25.6 Å². The number of nitrogens with zero attached hydrogens (tertiary/aromatic N) is 2. The van der Waals surface area contributed by atoms with Gasteiger partial charge in [-0.2, -0.15) is 0 Å². The van der Waals surface area contributed by atoms with Crippen molar-refractivity contribution in [2.75, 3.05) is 41.3 Å². The smallest absolute Gasteiger partial charge is 0.291 e. The Morgan fingerprint density at radius 2 is 1.60 bits per heavy atom. The molecule has 0 bridgehead atoms. The molecule has 0 heterocycles. The van der Waals surface area contributed by atoms with Crippen molar-refractivity contribution in [1.82, 2.24) is 9.44 Å². The largest absolute Gasteiger partial charge is 0.318 e. The van der Waals surface area contributed by atoms with Crippen LogP contribution in [0.2, 0.25) is 0 Å². The summed E-state index contributed by atoms with van der Waals surface area (Å²) >= 11 is 7.60. The third-order valence-electron chi connectivity index (χ3n) is 5.87. The van der Waals surface area contributed by atoms with E-state index >= 15 is 0 Å². The summed E-state index contributed by atoms with van der Waals surface area (Å²) in [6.45, 7) is 8.19. The van der Waals surface area contributed by atoms with E-state index in [1.165, 1.54) is 0 Å². The molecule has 1 aliphatic carbocycles. The van der Waals surface area contributed by atoms with Crippen LogP contribution in [0.4, 0.5) is 0 Å². The minimum Gasteiger partial charge on any atom is -0.318 e. The molecule has 0 aliphatic heterocycles. The van der Waals surface area contributed by atoms with E-state index < -0.39 is 0 Å². The van der Waals surface area contributed by atoms with Crippen molar-refractivity contribution in [2.45, 2.75) is 58.0 Å². The Morgan fingerprint density at radius 1 is 1.08 bits per heavy atom. The third kappa shape index (κ3) is 5.77. The van der Waals surface area contributed by atoms with Crippen molar-refractivity contribution in [3.05, 3.63) is 0 Å². The van der Waals surface area contributed by atoms with Crippen LogP contribution in [-0.2, 0) is 9.59 Å². The molecule has 1 rings (SSSR count). The van der Waals surface area contributed by atoms with Crippen LogP contribution in [0.3, 0.4) is 0 Å². The van der Waals surface area contributed by atoms with Crippen LogP contribution in [0.5, 0.6) is 0 Å². The van der Waals surface area contributed by atoms with E-state index in [2.05, 4.69) is 77.1 Å². The molecule has 2 unspecified atom stereocenters. The summed E-state index contributed by atoms with van der Waals surface area (Å²) in [5.41, 5.74) is -0.220. The predicted octanol–water partition coefficient (Wildman–Crippen LogP) is 1.79. The lowest BCUT2D eigenvalue weighted by Gasteiger charge is -2.49. The number of amides is 2. The number of likely N-dealkylation sites (N-methyl/N-ethyl adjacent to an activating group) is 2. The molecule has 0 aromatic rings. The van der Waals surface area contributed by atoms with E-state index in [-0.39, 0.29) is 23.4 Å². The van der Waals surface area contributed by atoms with Crippen LogP contribution in [-0.4, -0.2) is 73.6 Å². The first-order chi connectivity index (χ1) is 11.5. The summed E-state index contributed by atoms with van der Waals surface area (Å²) in [6, 6.07) is -0.0255. The van der Waals surface area contributed by atoms with Gasteiger partial charge in [0.05, 0.1) is 41.3 Å². The summed E-state index contributed by atoms with van der Waals surface area (Å²) in [5, 5.41) is 0. The number of carbonyl (C=O) groups is 2. The first-order valence-electron chi connectivity index (χ1n) is 9.00. The number of quaternary nitrogens is 2. The minimum absolute atomic E-state index is 0.00105. The summed E-state index contributed by atoms with van der Waals surface area (Å²) < 4.78 is 6.33. The van der Waals surface area contributed by atoms with Gasteiger partial charge in [0, 0.05) is 12.8 Å². The van der Waals surface area contributed by atoms with Gasteiger partial charge < -0.3 is 8.97 Å². The quantitative estimate of drug-likeness (QED) is 0.393. The molecule has 148 valence electrons. The van der Waals surface area contributed by atoms with Crippen molar-refractivity contribution in [1.29, 1.82) is 0 Å². The molecule has 1 saturated carbocycles. The topological polar surface area (TPSA) is 58.2 Å². The first kappa shape index (κ1) is 24.6. The zero-order valence-electron chi connectivity index (χ0n) is 16.9. The van der Waals surface area contributed by atoms with E-state index in [9.17, 15) is 9.59 Å². The molecule has 2 amide bonds. The fraction of sp³-hybridized carbons (Fsp3) is 0.882. The van der Waals surface area contributed by atoms with Crippen molar-refractivity contribution < 1.29 is 18.6 Å². The fourth-order valence-corrected chi connectivity index (χ4v) is 3.73. The Morgan fingerprint density at radius 3 is 1.80 bits per heavy atom. The van der Waals surface area contributed by atoms with E-state index in [1.54, 1.807) is 0 Å². The molecule has 0 aromatic carbocycles. The average Bonchev–Trinajstić information content (AvgIpc) is 2.51. The lowest BCUT2D eigenvalue weighted by molar-refractivity contribution is -0.921. The average molecular weight is 395 g/mol. The van der Waals surface area contributed by atoms with Crippen molar-refractivity contribution in [3.63, 3.8) is 0 Å². The van der Waals surface area contributed by atoms with Gasteiger partial charge in [0.25, 0.3) is 11.8 Å². The number of carbonyl (C=O) groups excluding carboxylic acids is 2. The van der Waals surface area contributed by atoms with Crippen LogP contribution in [0.25, 0.3) is 0 Å². The maximum Gasteiger partial charge on any atom is 0.291 e. The van der Waals surface area contributed by atoms with Crippen molar-refractivity contribution >= 4 is 37.4 Å². The Kier molecular flexibility index (Phi) is 9.86. The van der Waals surface area contributed by atoms with Gasteiger partial charge in [-0.3, -0.25) is 19.0 Å². The lowest BCUT2D eigenvalue weighted by atomic mass is 9.73. The number of hydrogen-bond donors (Lipinski definition) is 4. The monoisotopic (exact) mass is 394 g/mol. The van der Waals surface area contributed by atoms with Crippen molar-refractivity contribution in [2.24, 2.45) is 0 Å². The molecular formula is C17H38N4O2S2+2. The van der Waals surface area contributed by atoms with Crippen LogP contribution in [0.1, 0.15) is 46.5 Å². The number of nitrogens with one attached hydrogen (secondary N) is 2. The Bertz CT molecular complexity index is 450. The van der Waals surface area contributed by atoms with Crippen LogP contribution in [0.15, 0.2) is 0 Å². The van der Waals surface area contributed by atoms with E-state index in [0.717, 1.165) is 43.3 Å². The van der Waals surface area contributed by atoms with Gasteiger partial charge in [-0.25, -0.2) is 0 Å². The van der Waals surface area contributed by atoms with E-state index in [4.69, 9.17) is 0 Å². The standard InChI is InChI=1S/C9H20N2OS.C8H16N2OS/c1-5-7-11(4,6-2)8(3)9(12)10-13;1-10(2,3)8(5-4-6-8)7(11)9-12/h8H,5-7H2,1-4H3,(H-,10,12,13);4-6H2,1-3H3,(H-,9,11,12)/p+2. The first-order valence-corrected chi connectivity index (χ1v) is 9.89. The zero-order chi connectivity index (χ0) is 19.9. The molecule has 6 nitrogen and oxygen atoms in total. The Balaban J connectivity index is 0.000000462. The maximum absolute atomic E-state index is 11.6. The molecule has 0 spiro atoms. The number of hydrogen-bond acceptors (Lipinski definition) is 4. The Hall–Kier alpha value is -0.440. The van der Waals surface area contributed by atoms with Crippen molar-refractivity contribution in [3.8, 4) is 0 Å². The molecule has 2 N–H and O–H groups in total. The summed E-state index contributed by atoms with van der Waals surface area (Å²) in [4.78, 5) is 22.9. The molecule has 0 saturated heterocycles. The van der Waals surface area contributed by atoms with Gasteiger partial charge in [-0.05, 0) is 26.7 Å². The lowest BCUT2D eigenvalue weighted by Crippen LogP contribution is -2.67. The normalized spacial score (nSPS) is 19.4. The van der Waals surface area contributed by atoms with Gasteiger partial charge in [0.1, 0.15) is 0 Å². The van der Waals surface area contributed by atoms with Gasteiger partial charge in [0.2, 0.25) is 0 Å². The second-order valence-corrected chi connectivity index (χ2v) is 8.46. The molecule has 0 aromatic heterocycles. The zero-order valence-corrected chi connectivity index (χ0v) is 18.7. The predicted molar refractivity (Wildman–Crippen MR) is 110 cm³/mol. The molecule has 2 atom stereocenters. The van der Waals surface area contributed by atoms with Crippen LogP contribution in [0, 0.1) is 0 Å². The SMILES string of the molecule is CCC[N+](C)(CC)C(C)C(=O)NS.C[N+](C)(C)C1(C(=O)NS)CCC1. The highest BCUT2D eigenvalue weighted by molar-refractivity contribution is 7.78. The highest BCUT2D eigenvalue weighted by atomic mass is 32.1. The molecule has 25 heavy (non-hydrogen) atoms. The summed E-state index contributed by atoms with van der Waals surface area (Å²) in [5.74, 6) is 0.0608. The van der Waals surface area contributed by atoms with Gasteiger partial charge in [0.15, 0.2) is 11.6 Å². The maximum atomic E-state index is 11.6. The fourth-order valence-electron chi connectivity index (χ4n) is 3.33.